The molecule has 0 saturated heterocycles. The molecule has 0 spiro atoms. The first-order valence-corrected chi connectivity index (χ1v) is 8.34. The van der Waals surface area contributed by atoms with Crippen molar-refractivity contribution in [3.63, 3.8) is 0 Å². The summed E-state index contributed by atoms with van der Waals surface area (Å²) in [4.78, 5) is 0. The van der Waals surface area contributed by atoms with E-state index in [1.165, 1.54) is 45.1 Å². The van der Waals surface area contributed by atoms with Crippen LogP contribution in [0, 0.1) is 23.2 Å². The van der Waals surface area contributed by atoms with Crippen LogP contribution >= 0.6 is 0 Å². The lowest BCUT2D eigenvalue weighted by atomic mass is 9.70. The average molecular weight is 267 g/mol. The van der Waals surface area contributed by atoms with E-state index >= 15 is 0 Å². The van der Waals surface area contributed by atoms with Crippen LogP contribution in [-0.2, 0) is 4.74 Å². The maximum absolute atomic E-state index is 5.65. The van der Waals surface area contributed by atoms with Gasteiger partial charge in [-0.2, -0.15) is 0 Å². The molecular weight excluding hydrogens is 234 g/mol. The van der Waals surface area contributed by atoms with Crippen LogP contribution in [-0.4, -0.2) is 26.3 Å². The van der Waals surface area contributed by atoms with Gasteiger partial charge in [-0.05, 0) is 68.2 Å². The normalized spacial score (nSPS) is 28.6. The van der Waals surface area contributed by atoms with Crippen LogP contribution in [0.2, 0.25) is 0 Å². The summed E-state index contributed by atoms with van der Waals surface area (Å²) in [6.45, 7) is 11.3. The number of nitrogens with one attached hydrogen (secondary N) is 1. The first-order chi connectivity index (χ1) is 9.05. The van der Waals surface area contributed by atoms with E-state index in [0.717, 1.165) is 37.5 Å². The molecule has 0 aliphatic heterocycles. The second kappa shape index (κ2) is 7.08. The monoisotopic (exact) mass is 267 g/mol. The van der Waals surface area contributed by atoms with Crippen molar-refractivity contribution < 1.29 is 4.74 Å². The fraction of sp³-hybridized carbons (Fsp3) is 1.00. The summed E-state index contributed by atoms with van der Waals surface area (Å²) >= 11 is 0. The average Bonchev–Trinajstić information content (AvgIpc) is 3.17. The van der Waals surface area contributed by atoms with Gasteiger partial charge in [0.15, 0.2) is 0 Å². The second-order valence-corrected chi connectivity index (χ2v) is 7.81. The lowest BCUT2D eigenvalue weighted by Gasteiger charge is -2.37. The summed E-state index contributed by atoms with van der Waals surface area (Å²) in [6, 6.07) is 0. The van der Waals surface area contributed by atoms with Gasteiger partial charge in [0.2, 0.25) is 0 Å². The largest absolute Gasteiger partial charge is 0.380 e. The van der Waals surface area contributed by atoms with Crippen LogP contribution in [0.25, 0.3) is 0 Å². The fourth-order valence-corrected chi connectivity index (χ4v) is 3.22. The third-order valence-corrected chi connectivity index (χ3v) is 4.98. The highest BCUT2D eigenvalue weighted by Crippen LogP contribution is 2.39. The Morgan fingerprint density at radius 2 is 1.58 bits per heavy atom. The van der Waals surface area contributed by atoms with Crippen LogP contribution in [0.1, 0.15) is 59.3 Å². The van der Waals surface area contributed by atoms with E-state index in [0.29, 0.717) is 5.41 Å². The van der Waals surface area contributed by atoms with Crippen molar-refractivity contribution in [3.8, 4) is 0 Å². The third kappa shape index (κ3) is 5.83. The van der Waals surface area contributed by atoms with Gasteiger partial charge in [0.25, 0.3) is 0 Å². The van der Waals surface area contributed by atoms with Crippen LogP contribution in [0.15, 0.2) is 0 Å². The lowest BCUT2D eigenvalue weighted by molar-refractivity contribution is 0.121. The minimum absolute atomic E-state index is 0.509. The Labute approximate surface area is 119 Å². The first kappa shape index (κ1) is 15.3. The smallest absolute Gasteiger partial charge is 0.0591 e. The van der Waals surface area contributed by atoms with E-state index in [1.54, 1.807) is 0 Å². The van der Waals surface area contributed by atoms with E-state index in [4.69, 9.17) is 4.74 Å². The molecule has 2 heteroatoms. The molecule has 0 heterocycles. The predicted octanol–water partition coefficient (Wildman–Crippen LogP) is 3.86. The number of ether oxygens (including phenoxy) is 1. The zero-order chi connectivity index (χ0) is 13.7. The molecule has 2 fully saturated rings. The molecule has 2 rings (SSSR count). The van der Waals surface area contributed by atoms with Crippen molar-refractivity contribution in [1.29, 1.82) is 0 Å². The van der Waals surface area contributed by atoms with Gasteiger partial charge >= 0.3 is 0 Å². The highest BCUT2D eigenvalue weighted by Gasteiger charge is 2.29. The van der Waals surface area contributed by atoms with Crippen molar-refractivity contribution >= 4 is 0 Å². The van der Waals surface area contributed by atoms with Crippen molar-refractivity contribution in [2.75, 3.05) is 26.3 Å². The summed E-state index contributed by atoms with van der Waals surface area (Å²) in [5.41, 5.74) is 0.509. The van der Waals surface area contributed by atoms with Gasteiger partial charge in [-0.25, -0.2) is 0 Å². The molecule has 19 heavy (non-hydrogen) atoms. The molecule has 0 atom stereocenters. The summed E-state index contributed by atoms with van der Waals surface area (Å²) < 4.78 is 5.65. The Bertz CT molecular complexity index is 246. The summed E-state index contributed by atoms with van der Waals surface area (Å²) in [6.07, 6.45) is 8.46. The Kier molecular flexibility index (Phi) is 5.70. The maximum atomic E-state index is 5.65. The quantitative estimate of drug-likeness (QED) is 0.707. The fourth-order valence-electron chi connectivity index (χ4n) is 3.22. The van der Waals surface area contributed by atoms with E-state index in [-0.39, 0.29) is 0 Å². The summed E-state index contributed by atoms with van der Waals surface area (Å²) in [5, 5.41) is 3.58. The molecule has 112 valence electrons. The van der Waals surface area contributed by atoms with Crippen molar-refractivity contribution in [2.45, 2.75) is 59.3 Å². The SMILES string of the molecule is CC(C)(C)C1CCC(CNCCOCC2CC2)CC1. The van der Waals surface area contributed by atoms with Crippen LogP contribution in [0.4, 0.5) is 0 Å². The molecule has 2 nitrogen and oxygen atoms in total. The lowest BCUT2D eigenvalue weighted by Crippen LogP contribution is -2.32. The third-order valence-electron chi connectivity index (χ3n) is 4.98. The molecule has 2 aliphatic carbocycles. The Balaban J connectivity index is 1.46. The topological polar surface area (TPSA) is 21.3 Å². The van der Waals surface area contributed by atoms with Gasteiger partial charge < -0.3 is 10.1 Å². The molecule has 0 amide bonds. The van der Waals surface area contributed by atoms with Gasteiger partial charge in [-0.15, -0.1) is 0 Å². The van der Waals surface area contributed by atoms with Crippen molar-refractivity contribution in [2.24, 2.45) is 23.2 Å². The zero-order valence-electron chi connectivity index (χ0n) is 13.2. The highest BCUT2D eigenvalue weighted by atomic mass is 16.5. The van der Waals surface area contributed by atoms with Crippen LogP contribution in [0.5, 0.6) is 0 Å². The van der Waals surface area contributed by atoms with Gasteiger partial charge in [0.1, 0.15) is 0 Å². The molecule has 0 radical (unpaired) electrons. The molecule has 0 aromatic heterocycles. The summed E-state index contributed by atoms with van der Waals surface area (Å²) in [7, 11) is 0. The molecule has 0 unspecified atom stereocenters. The second-order valence-electron chi connectivity index (χ2n) is 7.81. The number of rotatable bonds is 7. The van der Waals surface area contributed by atoms with Crippen molar-refractivity contribution in [1.82, 2.24) is 5.32 Å². The van der Waals surface area contributed by atoms with Crippen LogP contribution < -0.4 is 5.32 Å². The van der Waals surface area contributed by atoms with Gasteiger partial charge in [-0.1, -0.05) is 20.8 Å². The standard InChI is InChI=1S/C17H33NO/c1-17(2,3)16-8-6-14(7-9-16)12-18-10-11-19-13-15-4-5-15/h14-16,18H,4-13H2,1-3H3. The Morgan fingerprint density at radius 3 is 2.16 bits per heavy atom. The molecule has 2 saturated carbocycles. The van der Waals surface area contributed by atoms with E-state index < -0.39 is 0 Å². The Hall–Kier alpha value is -0.0800. The maximum Gasteiger partial charge on any atom is 0.0591 e. The minimum Gasteiger partial charge on any atom is -0.380 e. The minimum atomic E-state index is 0.509. The van der Waals surface area contributed by atoms with Crippen LogP contribution in [0.3, 0.4) is 0 Å². The molecular formula is C17H33NO. The summed E-state index contributed by atoms with van der Waals surface area (Å²) in [5.74, 6) is 2.74. The highest BCUT2D eigenvalue weighted by molar-refractivity contribution is 4.81. The molecule has 0 aromatic carbocycles. The van der Waals surface area contributed by atoms with Gasteiger partial charge in [0.05, 0.1) is 6.61 Å². The van der Waals surface area contributed by atoms with E-state index in [9.17, 15) is 0 Å². The van der Waals surface area contributed by atoms with Gasteiger partial charge in [0, 0.05) is 13.2 Å². The number of hydrogen-bond acceptors (Lipinski definition) is 2. The van der Waals surface area contributed by atoms with E-state index in [2.05, 4.69) is 26.1 Å². The first-order valence-electron chi connectivity index (χ1n) is 8.34. The molecule has 1 N–H and O–H groups in total. The molecule has 0 bridgehead atoms. The van der Waals surface area contributed by atoms with E-state index in [1.807, 2.05) is 0 Å². The zero-order valence-corrected chi connectivity index (χ0v) is 13.2. The van der Waals surface area contributed by atoms with Gasteiger partial charge in [-0.3, -0.25) is 0 Å². The Morgan fingerprint density at radius 1 is 0.947 bits per heavy atom. The predicted molar refractivity (Wildman–Crippen MR) is 81.3 cm³/mol. The number of hydrogen-bond donors (Lipinski definition) is 1. The van der Waals surface area contributed by atoms with Crippen molar-refractivity contribution in [3.05, 3.63) is 0 Å². The molecule has 0 aromatic rings. The molecule has 2 aliphatic rings.